The lowest BCUT2D eigenvalue weighted by Gasteiger charge is -2.18. The van der Waals surface area contributed by atoms with Crippen molar-refractivity contribution in [2.24, 2.45) is 5.92 Å². The Bertz CT molecular complexity index is 320. The molecule has 0 spiro atoms. The van der Waals surface area contributed by atoms with Crippen molar-refractivity contribution in [1.82, 2.24) is 4.98 Å². The lowest BCUT2D eigenvalue weighted by Crippen LogP contribution is -2.12. The van der Waals surface area contributed by atoms with E-state index in [1.165, 1.54) is 18.4 Å². The lowest BCUT2D eigenvalue weighted by molar-refractivity contribution is 0.566. The molecule has 1 aromatic heterocycles. The standard InChI is InChI=1S/C15H26N2/c1-12(2)7-6-10-16-14-9-8-13(11-17-14)15(3,4)5/h8-9,11-12H,6-7,10H2,1-5H3,(H,16,17). The summed E-state index contributed by atoms with van der Waals surface area (Å²) in [5.74, 6) is 1.77. The van der Waals surface area contributed by atoms with Crippen LogP contribution in [0.4, 0.5) is 5.82 Å². The minimum absolute atomic E-state index is 0.184. The maximum atomic E-state index is 4.45. The molecule has 0 bridgehead atoms. The van der Waals surface area contributed by atoms with Crippen molar-refractivity contribution in [3.63, 3.8) is 0 Å². The highest BCUT2D eigenvalue weighted by atomic mass is 15.0. The zero-order valence-corrected chi connectivity index (χ0v) is 11.9. The zero-order chi connectivity index (χ0) is 12.9. The predicted molar refractivity (Wildman–Crippen MR) is 75.5 cm³/mol. The van der Waals surface area contributed by atoms with Gasteiger partial charge in [0, 0.05) is 12.7 Å². The summed E-state index contributed by atoms with van der Waals surface area (Å²) in [5, 5.41) is 3.37. The van der Waals surface area contributed by atoms with Crippen molar-refractivity contribution in [1.29, 1.82) is 0 Å². The van der Waals surface area contributed by atoms with Gasteiger partial charge in [-0.15, -0.1) is 0 Å². The molecule has 0 aliphatic carbocycles. The second kappa shape index (κ2) is 6.04. The molecule has 0 fully saturated rings. The maximum absolute atomic E-state index is 4.45. The largest absolute Gasteiger partial charge is 0.370 e. The van der Waals surface area contributed by atoms with E-state index in [0.29, 0.717) is 0 Å². The van der Waals surface area contributed by atoms with Crippen LogP contribution in [0.3, 0.4) is 0 Å². The average Bonchev–Trinajstić information content (AvgIpc) is 2.23. The summed E-state index contributed by atoms with van der Waals surface area (Å²) in [6, 6.07) is 4.24. The molecule has 0 radical (unpaired) electrons. The third-order valence-electron chi connectivity index (χ3n) is 2.89. The number of pyridine rings is 1. The van der Waals surface area contributed by atoms with Gasteiger partial charge in [0.05, 0.1) is 0 Å². The molecule has 1 aromatic rings. The van der Waals surface area contributed by atoms with E-state index in [-0.39, 0.29) is 5.41 Å². The van der Waals surface area contributed by atoms with E-state index >= 15 is 0 Å². The Morgan fingerprint density at radius 2 is 1.94 bits per heavy atom. The second-order valence-electron chi connectivity index (χ2n) is 6.14. The van der Waals surface area contributed by atoms with Crippen molar-refractivity contribution in [2.75, 3.05) is 11.9 Å². The molecule has 2 nitrogen and oxygen atoms in total. The van der Waals surface area contributed by atoms with Crippen molar-refractivity contribution >= 4 is 5.82 Å². The summed E-state index contributed by atoms with van der Waals surface area (Å²) in [6.45, 7) is 12.2. The van der Waals surface area contributed by atoms with E-state index in [1.807, 2.05) is 6.20 Å². The Morgan fingerprint density at radius 1 is 1.24 bits per heavy atom. The number of anilines is 1. The van der Waals surface area contributed by atoms with E-state index < -0.39 is 0 Å². The van der Waals surface area contributed by atoms with E-state index in [0.717, 1.165) is 18.3 Å². The van der Waals surface area contributed by atoms with Crippen molar-refractivity contribution in [3.8, 4) is 0 Å². The van der Waals surface area contributed by atoms with E-state index in [9.17, 15) is 0 Å². The number of hydrogen-bond acceptors (Lipinski definition) is 2. The van der Waals surface area contributed by atoms with Crippen LogP contribution in [0, 0.1) is 5.92 Å². The van der Waals surface area contributed by atoms with Gasteiger partial charge in [0.2, 0.25) is 0 Å². The Kier molecular flexibility index (Phi) is 4.98. The molecule has 0 unspecified atom stereocenters. The van der Waals surface area contributed by atoms with E-state index in [1.54, 1.807) is 0 Å². The first-order valence-electron chi connectivity index (χ1n) is 6.60. The normalized spacial score (nSPS) is 11.9. The molecule has 0 amide bonds. The Morgan fingerprint density at radius 3 is 2.41 bits per heavy atom. The van der Waals surface area contributed by atoms with Crippen LogP contribution in [0.25, 0.3) is 0 Å². The minimum atomic E-state index is 0.184. The van der Waals surface area contributed by atoms with Gasteiger partial charge in [0.1, 0.15) is 5.82 Å². The summed E-state index contributed by atoms with van der Waals surface area (Å²) < 4.78 is 0. The molecule has 1 rings (SSSR count). The second-order valence-corrected chi connectivity index (χ2v) is 6.14. The quantitative estimate of drug-likeness (QED) is 0.771. The van der Waals surface area contributed by atoms with Gasteiger partial charge in [-0.1, -0.05) is 40.7 Å². The van der Waals surface area contributed by atoms with Gasteiger partial charge >= 0.3 is 0 Å². The molecule has 2 heteroatoms. The van der Waals surface area contributed by atoms with Crippen LogP contribution in [0.2, 0.25) is 0 Å². The summed E-state index contributed by atoms with van der Waals surface area (Å²) in [6.07, 6.45) is 4.46. The van der Waals surface area contributed by atoms with E-state index in [2.05, 4.69) is 57.1 Å². The van der Waals surface area contributed by atoms with Crippen LogP contribution in [-0.2, 0) is 5.41 Å². The number of nitrogens with zero attached hydrogens (tertiary/aromatic N) is 1. The summed E-state index contributed by atoms with van der Waals surface area (Å²) in [5.41, 5.74) is 1.47. The van der Waals surface area contributed by atoms with Gasteiger partial charge in [0.25, 0.3) is 0 Å². The average molecular weight is 234 g/mol. The fourth-order valence-electron chi connectivity index (χ4n) is 1.67. The van der Waals surface area contributed by atoms with Gasteiger partial charge in [-0.3, -0.25) is 0 Å². The number of aromatic nitrogens is 1. The Balaban J connectivity index is 2.41. The van der Waals surface area contributed by atoms with Crippen LogP contribution in [0.1, 0.15) is 53.0 Å². The molecule has 1 N–H and O–H groups in total. The van der Waals surface area contributed by atoms with Crippen molar-refractivity contribution < 1.29 is 0 Å². The topological polar surface area (TPSA) is 24.9 Å². The highest BCUT2D eigenvalue weighted by Gasteiger charge is 2.13. The van der Waals surface area contributed by atoms with Gasteiger partial charge in [-0.25, -0.2) is 4.98 Å². The molecule has 0 aliphatic heterocycles. The number of hydrogen-bond donors (Lipinski definition) is 1. The van der Waals surface area contributed by atoms with Crippen LogP contribution in [0.15, 0.2) is 18.3 Å². The minimum Gasteiger partial charge on any atom is -0.370 e. The highest BCUT2D eigenvalue weighted by molar-refractivity contribution is 5.36. The molecule has 0 saturated carbocycles. The van der Waals surface area contributed by atoms with Gasteiger partial charge in [0.15, 0.2) is 0 Å². The monoisotopic (exact) mass is 234 g/mol. The fraction of sp³-hybridized carbons (Fsp3) is 0.667. The molecule has 0 saturated heterocycles. The van der Waals surface area contributed by atoms with Crippen molar-refractivity contribution in [3.05, 3.63) is 23.9 Å². The maximum Gasteiger partial charge on any atom is 0.125 e. The number of nitrogens with one attached hydrogen (secondary N) is 1. The number of rotatable bonds is 5. The van der Waals surface area contributed by atoms with E-state index in [4.69, 9.17) is 0 Å². The first kappa shape index (κ1) is 14.0. The molecule has 17 heavy (non-hydrogen) atoms. The zero-order valence-electron chi connectivity index (χ0n) is 11.9. The molecule has 0 atom stereocenters. The smallest absolute Gasteiger partial charge is 0.125 e. The van der Waals surface area contributed by atoms with Crippen LogP contribution < -0.4 is 5.32 Å². The lowest BCUT2D eigenvalue weighted by atomic mass is 9.88. The molecular weight excluding hydrogens is 208 g/mol. The Hall–Kier alpha value is -1.05. The van der Waals surface area contributed by atoms with Crippen LogP contribution >= 0.6 is 0 Å². The predicted octanol–water partition coefficient (Wildman–Crippen LogP) is 4.23. The van der Waals surface area contributed by atoms with Crippen LogP contribution in [-0.4, -0.2) is 11.5 Å². The fourth-order valence-corrected chi connectivity index (χ4v) is 1.67. The van der Waals surface area contributed by atoms with Gasteiger partial charge in [-0.2, -0.15) is 0 Å². The summed E-state index contributed by atoms with van der Waals surface area (Å²) in [4.78, 5) is 4.45. The molecule has 0 aromatic carbocycles. The SMILES string of the molecule is CC(C)CCCNc1ccc(C(C)(C)C)cn1. The van der Waals surface area contributed by atoms with Gasteiger partial charge < -0.3 is 5.32 Å². The molecule has 1 heterocycles. The summed E-state index contributed by atoms with van der Waals surface area (Å²) in [7, 11) is 0. The van der Waals surface area contributed by atoms with Crippen LogP contribution in [0.5, 0.6) is 0 Å². The molecular formula is C15H26N2. The first-order valence-corrected chi connectivity index (χ1v) is 6.60. The first-order chi connectivity index (χ1) is 7.89. The third-order valence-corrected chi connectivity index (χ3v) is 2.89. The Labute approximate surface area is 106 Å². The summed E-state index contributed by atoms with van der Waals surface area (Å²) >= 11 is 0. The van der Waals surface area contributed by atoms with Gasteiger partial charge in [-0.05, 0) is 35.8 Å². The molecule has 0 aliphatic rings. The molecule has 96 valence electrons. The highest BCUT2D eigenvalue weighted by Crippen LogP contribution is 2.21. The third kappa shape index (κ3) is 5.20. The van der Waals surface area contributed by atoms with Crippen molar-refractivity contribution in [2.45, 2.75) is 52.9 Å².